The number of hydrogen-bond acceptors (Lipinski definition) is 10. The van der Waals surface area contributed by atoms with E-state index >= 15 is 0 Å². The molecule has 0 radical (unpaired) electrons. The highest BCUT2D eigenvalue weighted by Crippen LogP contribution is 2.39. The summed E-state index contributed by atoms with van der Waals surface area (Å²) in [5, 5.41) is 21.2. The molecule has 2 aliphatic heterocycles. The van der Waals surface area contributed by atoms with Crippen molar-refractivity contribution in [3.05, 3.63) is 63.6 Å². The van der Waals surface area contributed by atoms with Gasteiger partial charge in [0.05, 0.1) is 11.4 Å². The van der Waals surface area contributed by atoms with E-state index in [0.29, 0.717) is 17.2 Å². The summed E-state index contributed by atoms with van der Waals surface area (Å²) in [5.74, 6) is -1.96. The number of anilines is 1. The van der Waals surface area contributed by atoms with Crippen molar-refractivity contribution in [3.63, 3.8) is 0 Å². The molecule has 14 heteroatoms. The van der Waals surface area contributed by atoms with Crippen LogP contribution in [0.2, 0.25) is 0 Å². The number of pyridine rings is 1. The van der Waals surface area contributed by atoms with E-state index in [4.69, 9.17) is 10.6 Å². The number of nitrogens with two attached hydrogens (primary N) is 1. The van der Waals surface area contributed by atoms with Crippen LogP contribution in [0, 0.1) is 0 Å². The van der Waals surface area contributed by atoms with Gasteiger partial charge in [-0.25, -0.2) is 9.78 Å². The zero-order valence-electron chi connectivity index (χ0n) is 19.4. The number of hydrogen-bond donors (Lipinski definition) is 3. The molecule has 37 heavy (non-hydrogen) atoms. The zero-order valence-corrected chi connectivity index (χ0v) is 21.8. The van der Waals surface area contributed by atoms with Gasteiger partial charge in [-0.15, -0.1) is 23.1 Å². The van der Waals surface area contributed by atoms with Gasteiger partial charge in [-0.05, 0) is 29.7 Å². The Bertz CT molecular complexity index is 1490. The van der Waals surface area contributed by atoms with Crippen LogP contribution in [-0.4, -0.2) is 63.4 Å². The van der Waals surface area contributed by atoms with Crippen LogP contribution in [0.4, 0.5) is 5.13 Å². The van der Waals surface area contributed by atoms with Crippen LogP contribution in [-0.2, 0) is 25.8 Å². The molecule has 3 aromatic heterocycles. The van der Waals surface area contributed by atoms with Crippen molar-refractivity contribution < 1.29 is 28.9 Å². The zero-order chi connectivity index (χ0) is 26.1. The molecular formula is C23H21N6O5S3+. The summed E-state index contributed by atoms with van der Waals surface area (Å²) in [7, 11) is 1.29. The Morgan fingerprint density at radius 3 is 2.97 bits per heavy atom. The van der Waals surface area contributed by atoms with Crippen LogP contribution in [0.5, 0.6) is 0 Å². The van der Waals surface area contributed by atoms with Gasteiger partial charge < -0.3 is 21.0 Å². The molecule has 190 valence electrons. The molecule has 0 bridgehead atoms. The molecular weight excluding hydrogens is 536 g/mol. The standard InChI is InChI=1S/C23H20N6O5S3/c1-34-27-16(13-10-37-23(24)25-13)19(30)26-17-14-11-36-15(18(22(32)33)29(14)20(17)31)5-3-8-28-7-2-4-12-6-9-35-21(12)28/h2-7,9-10,14,17H,8,11H2,1H3,(H3-,24,25,26,30,32,33)/p+1/b5-3+,27-16+/t14-,17+/m1/s1. The Hall–Kier alpha value is -3.75. The number of rotatable bonds is 8. The number of aromatic nitrogens is 2. The van der Waals surface area contributed by atoms with Crippen molar-refractivity contribution in [1.29, 1.82) is 0 Å². The molecule has 4 N–H and O–H groups in total. The van der Waals surface area contributed by atoms with E-state index < -0.39 is 29.9 Å². The molecule has 0 aliphatic carbocycles. The van der Waals surface area contributed by atoms with Crippen molar-refractivity contribution in [2.24, 2.45) is 5.16 Å². The third kappa shape index (κ3) is 4.70. The highest BCUT2D eigenvalue weighted by Gasteiger charge is 2.54. The fraction of sp³-hybridized carbons (Fsp3) is 0.217. The molecule has 0 spiro atoms. The molecule has 2 atom stereocenters. The normalized spacial score (nSPS) is 19.8. The Kier molecular flexibility index (Phi) is 6.95. The van der Waals surface area contributed by atoms with E-state index in [0.717, 1.165) is 21.6 Å². The molecule has 11 nitrogen and oxygen atoms in total. The molecule has 2 aliphatic rings. The summed E-state index contributed by atoms with van der Waals surface area (Å²) < 4.78 is 2.07. The Labute approximate surface area is 222 Å². The predicted octanol–water partition coefficient (Wildman–Crippen LogP) is 1.57. The molecule has 5 rings (SSSR count). The van der Waals surface area contributed by atoms with Crippen molar-refractivity contribution in [3.8, 4) is 0 Å². The number of fused-ring (bicyclic) bond motifs is 2. The molecule has 2 amide bonds. The number of thioether (sulfide) groups is 1. The number of allylic oxidation sites excluding steroid dienone is 2. The summed E-state index contributed by atoms with van der Waals surface area (Å²) in [6.07, 6.45) is 5.58. The number of thiazole rings is 1. The van der Waals surface area contributed by atoms with E-state index in [2.05, 4.69) is 20.0 Å². The van der Waals surface area contributed by atoms with E-state index in [1.54, 1.807) is 22.8 Å². The van der Waals surface area contributed by atoms with Crippen LogP contribution < -0.4 is 15.6 Å². The number of nitrogens with one attached hydrogen (secondary N) is 1. The molecule has 0 aromatic carbocycles. The lowest BCUT2D eigenvalue weighted by Gasteiger charge is -2.49. The van der Waals surface area contributed by atoms with Crippen molar-refractivity contribution in [2.45, 2.75) is 18.6 Å². The maximum atomic E-state index is 13.0. The second-order valence-corrected chi connectivity index (χ2v) is 10.8. The van der Waals surface area contributed by atoms with Crippen LogP contribution in [0.1, 0.15) is 5.69 Å². The van der Waals surface area contributed by atoms with E-state index in [-0.39, 0.29) is 22.2 Å². The number of amides is 2. The van der Waals surface area contributed by atoms with Crippen molar-refractivity contribution in [2.75, 3.05) is 18.6 Å². The molecule has 0 unspecified atom stereocenters. The van der Waals surface area contributed by atoms with Crippen LogP contribution >= 0.6 is 34.4 Å². The summed E-state index contributed by atoms with van der Waals surface area (Å²) in [4.78, 5) is 49.7. The number of nitrogens with zero attached hydrogens (tertiary/aromatic N) is 4. The number of aliphatic carboxylic acids is 1. The summed E-state index contributed by atoms with van der Waals surface area (Å²) >= 11 is 4.10. The summed E-state index contributed by atoms with van der Waals surface area (Å²) in [6, 6.07) is 4.64. The van der Waals surface area contributed by atoms with Gasteiger partial charge in [0.25, 0.3) is 16.6 Å². The fourth-order valence-electron chi connectivity index (χ4n) is 4.16. The Balaban J connectivity index is 1.32. The minimum atomic E-state index is -1.21. The van der Waals surface area contributed by atoms with Gasteiger partial charge in [-0.3, -0.25) is 14.5 Å². The molecule has 5 heterocycles. The number of oxime groups is 1. The monoisotopic (exact) mass is 557 g/mol. The average Bonchev–Trinajstić information content (AvgIpc) is 3.54. The van der Waals surface area contributed by atoms with Gasteiger partial charge in [0.1, 0.15) is 24.5 Å². The Morgan fingerprint density at radius 1 is 1.41 bits per heavy atom. The minimum Gasteiger partial charge on any atom is -0.477 e. The summed E-state index contributed by atoms with van der Waals surface area (Å²) in [5.41, 5.74) is 5.66. The topological polar surface area (TPSA) is 151 Å². The third-order valence-corrected chi connectivity index (χ3v) is 8.59. The smallest absolute Gasteiger partial charge is 0.353 e. The van der Waals surface area contributed by atoms with Gasteiger partial charge in [0.2, 0.25) is 0 Å². The van der Waals surface area contributed by atoms with Crippen LogP contribution in [0.25, 0.3) is 10.2 Å². The number of β-lactam (4-membered cyclic amide) rings is 1. The van der Waals surface area contributed by atoms with Gasteiger partial charge in [-0.1, -0.05) is 16.5 Å². The largest absolute Gasteiger partial charge is 0.477 e. The number of carboxylic acid groups (broad SMARTS) is 1. The molecule has 1 saturated heterocycles. The van der Waals surface area contributed by atoms with E-state index in [1.807, 2.05) is 35.9 Å². The first-order valence-electron chi connectivity index (χ1n) is 11.0. The van der Waals surface area contributed by atoms with Crippen molar-refractivity contribution in [1.82, 2.24) is 15.2 Å². The maximum absolute atomic E-state index is 13.0. The predicted molar refractivity (Wildman–Crippen MR) is 141 cm³/mol. The number of nitrogen functional groups attached to an aromatic ring is 1. The van der Waals surface area contributed by atoms with Gasteiger partial charge >= 0.3 is 5.97 Å². The van der Waals surface area contributed by atoms with E-state index in [1.165, 1.54) is 23.8 Å². The third-order valence-electron chi connectivity index (χ3n) is 5.80. The van der Waals surface area contributed by atoms with Gasteiger partial charge in [0.15, 0.2) is 23.6 Å². The number of carbonyl (C=O) groups is 3. The van der Waals surface area contributed by atoms with E-state index in [9.17, 15) is 19.5 Å². The fourth-order valence-corrected chi connectivity index (χ4v) is 6.80. The highest BCUT2D eigenvalue weighted by atomic mass is 32.2. The van der Waals surface area contributed by atoms with Gasteiger partial charge in [0, 0.05) is 22.1 Å². The van der Waals surface area contributed by atoms with Crippen LogP contribution in [0.3, 0.4) is 0 Å². The Morgan fingerprint density at radius 2 is 2.24 bits per heavy atom. The number of carboxylic acids is 1. The first-order chi connectivity index (χ1) is 17.9. The molecule has 1 fully saturated rings. The molecule has 3 aromatic rings. The lowest BCUT2D eigenvalue weighted by molar-refractivity contribution is -0.658. The lowest BCUT2D eigenvalue weighted by Crippen LogP contribution is -2.73. The maximum Gasteiger partial charge on any atom is 0.353 e. The number of carbonyl (C=O) groups excluding carboxylic acids is 2. The molecule has 0 saturated carbocycles. The second-order valence-electron chi connectivity index (χ2n) is 7.99. The minimum absolute atomic E-state index is 0.0922. The van der Waals surface area contributed by atoms with Crippen molar-refractivity contribution >= 4 is 73.3 Å². The highest BCUT2D eigenvalue weighted by molar-refractivity contribution is 8.03. The number of thiophene rings is 1. The SMILES string of the molecule is CO/N=C(/C(=O)N[C@@H]1C(=O)N2C(C(=O)O)=C(/C=C/C[n+]3cccc4ccsc43)SC[C@H]12)c1csc(N)n1. The van der Waals surface area contributed by atoms with Gasteiger partial charge in [-0.2, -0.15) is 4.57 Å². The second kappa shape index (κ2) is 10.3. The average molecular weight is 558 g/mol. The lowest BCUT2D eigenvalue weighted by atomic mass is 9.94. The quantitative estimate of drug-likeness (QED) is 0.163. The summed E-state index contributed by atoms with van der Waals surface area (Å²) in [6.45, 7) is 0.549. The first kappa shape index (κ1) is 24.9. The first-order valence-corrected chi connectivity index (χ1v) is 13.7. The van der Waals surface area contributed by atoms with Crippen LogP contribution in [0.15, 0.2) is 63.1 Å².